The van der Waals surface area contributed by atoms with E-state index in [-0.39, 0.29) is 23.8 Å². The van der Waals surface area contributed by atoms with Gasteiger partial charge in [-0.2, -0.15) is 18.2 Å². The topological polar surface area (TPSA) is 68.3 Å². The van der Waals surface area contributed by atoms with Gasteiger partial charge in [0.15, 0.2) is 0 Å². The Morgan fingerprint density at radius 3 is 2.40 bits per heavy atom. The van der Waals surface area contributed by atoms with Crippen LogP contribution in [-0.4, -0.2) is 22.7 Å². The Bertz CT molecular complexity index is 1110. The minimum absolute atomic E-state index is 0.0329. The van der Waals surface area contributed by atoms with Crippen molar-refractivity contribution in [2.75, 3.05) is 17.2 Å². The Labute approximate surface area is 202 Å². The number of nitrogens with zero attached hydrogens (tertiary/aromatic N) is 2. The van der Waals surface area contributed by atoms with E-state index in [2.05, 4.69) is 20.6 Å². The van der Waals surface area contributed by atoms with Crippen LogP contribution in [0.1, 0.15) is 45.1 Å². The monoisotopic (exact) mass is 486 g/mol. The zero-order valence-electron chi connectivity index (χ0n) is 19.7. The molecule has 0 aliphatic heterocycles. The summed E-state index contributed by atoms with van der Waals surface area (Å²) in [7, 11) is 0. The van der Waals surface area contributed by atoms with Gasteiger partial charge in [0.2, 0.25) is 5.95 Å². The highest BCUT2D eigenvalue weighted by Crippen LogP contribution is 2.37. The summed E-state index contributed by atoms with van der Waals surface area (Å²) in [4.78, 5) is 8.02. The molecule has 0 bridgehead atoms. The highest BCUT2D eigenvalue weighted by atomic mass is 19.4. The number of aromatic nitrogens is 2. The summed E-state index contributed by atoms with van der Waals surface area (Å²) in [5.41, 5.74) is 0.0499. The largest absolute Gasteiger partial charge is 0.491 e. The normalized spacial score (nSPS) is 14.2. The molecule has 1 heterocycles. The fourth-order valence-electron chi connectivity index (χ4n) is 3.77. The first-order chi connectivity index (χ1) is 16.8. The molecule has 186 valence electrons. The Hall–Kier alpha value is -3.49. The minimum Gasteiger partial charge on any atom is -0.491 e. The quantitative estimate of drug-likeness (QED) is 0.330. The molecule has 3 aromatic rings. The van der Waals surface area contributed by atoms with E-state index >= 15 is 0 Å². The molecule has 35 heavy (non-hydrogen) atoms. The number of rotatable bonds is 9. The predicted octanol–water partition coefficient (Wildman–Crippen LogP) is 7.34. The summed E-state index contributed by atoms with van der Waals surface area (Å²) in [6.45, 7) is 4.42. The fourth-order valence-corrected chi connectivity index (χ4v) is 3.77. The minimum atomic E-state index is -4.63. The van der Waals surface area contributed by atoms with E-state index in [0.29, 0.717) is 23.7 Å². The van der Waals surface area contributed by atoms with Crippen molar-refractivity contribution in [3.8, 4) is 11.5 Å². The van der Waals surface area contributed by atoms with Gasteiger partial charge in [-0.05, 0) is 68.0 Å². The molecular weight excluding hydrogens is 457 g/mol. The molecule has 9 heteroatoms. The van der Waals surface area contributed by atoms with E-state index in [0.717, 1.165) is 24.8 Å². The van der Waals surface area contributed by atoms with E-state index in [4.69, 9.17) is 9.47 Å². The van der Waals surface area contributed by atoms with Crippen molar-refractivity contribution in [2.45, 2.75) is 51.8 Å². The van der Waals surface area contributed by atoms with Gasteiger partial charge in [0.25, 0.3) is 0 Å². The lowest BCUT2D eigenvalue weighted by Crippen LogP contribution is -2.13. The van der Waals surface area contributed by atoms with Crippen LogP contribution in [0.4, 0.5) is 36.3 Å². The van der Waals surface area contributed by atoms with Crippen LogP contribution in [0.5, 0.6) is 11.5 Å². The van der Waals surface area contributed by atoms with Crippen molar-refractivity contribution in [2.24, 2.45) is 5.92 Å². The number of hydrogen-bond acceptors (Lipinski definition) is 6. The van der Waals surface area contributed by atoms with E-state index in [1.165, 1.54) is 12.8 Å². The third-order valence-corrected chi connectivity index (χ3v) is 5.52. The van der Waals surface area contributed by atoms with Gasteiger partial charge in [-0.15, -0.1) is 0 Å². The Morgan fingerprint density at radius 2 is 1.71 bits per heavy atom. The molecule has 2 N–H and O–H groups in total. The molecule has 0 radical (unpaired) electrons. The maximum Gasteiger partial charge on any atom is 0.421 e. The highest BCUT2D eigenvalue weighted by molar-refractivity contribution is 5.67. The molecule has 6 nitrogen and oxygen atoms in total. The van der Waals surface area contributed by atoms with Crippen LogP contribution in [-0.2, 0) is 6.18 Å². The zero-order valence-corrected chi connectivity index (χ0v) is 19.7. The fraction of sp³-hybridized carbons (Fsp3) is 0.385. The molecule has 1 aromatic heterocycles. The molecule has 0 spiro atoms. The first-order valence-electron chi connectivity index (χ1n) is 11.7. The smallest absolute Gasteiger partial charge is 0.421 e. The second-order valence-electron chi connectivity index (χ2n) is 8.95. The molecule has 1 aliphatic carbocycles. The van der Waals surface area contributed by atoms with Gasteiger partial charge in [-0.25, -0.2) is 4.98 Å². The van der Waals surface area contributed by atoms with Crippen LogP contribution in [0.2, 0.25) is 0 Å². The van der Waals surface area contributed by atoms with Gasteiger partial charge < -0.3 is 20.1 Å². The van der Waals surface area contributed by atoms with Gasteiger partial charge in [-0.1, -0.05) is 26.0 Å². The Kier molecular flexibility index (Phi) is 7.63. The molecule has 0 atom stereocenters. The average molecular weight is 487 g/mol. The molecule has 4 rings (SSSR count). The second-order valence-corrected chi connectivity index (χ2v) is 8.95. The first kappa shape index (κ1) is 24.6. The van der Waals surface area contributed by atoms with Gasteiger partial charge in [0.1, 0.15) is 22.9 Å². The van der Waals surface area contributed by atoms with Crippen molar-refractivity contribution in [3.63, 3.8) is 0 Å². The van der Waals surface area contributed by atoms with Gasteiger partial charge in [-0.3, -0.25) is 0 Å². The SMILES string of the molecule is CC(C)COc1ccccc1Nc1nc(Nc2ccc(OC3CCCC3)cc2)ncc1C(F)(F)F. The number of hydrogen-bond donors (Lipinski definition) is 2. The van der Waals surface area contributed by atoms with Crippen LogP contribution in [0, 0.1) is 5.92 Å². The van der Waals surface area contributed by atoms with Crippen LogP contribution in [0.3, 0.4) is 0 Å². The molecule has 0 unspecified atom stereocenters. The molecule has 1 fully saturated rings. The van der Waals surface area contributed by atoms with E-state index < -0.39 is 11.7 Å². The van der Waals surface area contributed by atoms with Crippen LogP contribution in [0.25, 0.3) is 0 Å². The lowest BCUT2D eigenvalue weighted by molar-refractivity contribution is -0.137. The summed E-state index contributed by atoms with van der Waals surface area (Å²) in [5, 5.41) is 5.76. The summed E-state index contributed by atoms with van der Waals surface area (Å²) in [6, 6.07) is 14.0. The molecule has 1 saturated carbocycles. The van der Waals surface area contributed by atoms with E-state index in [1.807, 2.05) is 26.0 Å². The lowest BCUT2D eigenvalue weighted by Gasteiger charge is -2.18. The number of para-hydroxylation sites is 2. The molecular formula is C26H29F3N4O2. The molecule has 0 amide bonds. The van der Waals surface area contributed by atoms with Crippen molar-refractivity contribution in [1.82, 2.24) is 9.97 Å². The van der Waals surface area contributed by atoms with Crippen molar-refractivity contribution < 1.29 is 22.6 Å². The molecule has 2 aromatic carbocycles. The highest BCUT2D eigenvalue weighted by Gasteiger charge is 2.35. The molecule has 1 aliphatic rings. The Balaban J connectivity index is 1.54. The maximum absolute atomic E-state index is 13.7. The van der Waals surface area contributed by atoms with Crippen molar-refractivity contribution >= 4 is 23.1 Å². The number of alkyl halides is 3. The third-order valence-electron chi connectivity index (χ3n) is 5.52. The van der Waals surface area contributed by atoms with Crippen LogP contribution >= 0.6 is 0 Å². The maximum atomic E-state index is 13.7. The first-order valence-corrected chi connectivity index (χ1v) is 11.7. The van der Waals surface area contributed by atoms with Gasteiger partial charge >= 0.3 is 6.18 Å². The lowest BCUT2D eigenvalue weighted by atomic mass is 10.2. The van der Waals surface area contributed by atoms with Crippen molar-refractivity contribution in [1.29, 1.82) is 0 Å². The van der Waals surface area contributed by atoms with Gasteiger partial charge in [0.05, 0.1) is 18.4 Å². The van der Waals surface area contributed by atoms with E-state index in [9.17, 15) is 13.2 Å². The molecule has 0 saturated heterocycles. The standard InChI is InChI=1S/C26H29F3N4O2/c1-17(2)16-34-23-10-6-5-9-22(23)32-24-21(26(27,28)29)15-30-25(33-24)31-18-11-13-20(14-12-18)35-19-7-3-4-8-19/h5-6,9-15,17,19H,3-4,7-8,16H2,1-2H3,(H2,30,31,32,33). The van der Waals surface area contributed by atoms with Crippen LogP contribution < -0.4 is 20.1 Å². The number of ether oxygens (including phenoxy) is 2. The second kappa shape index (κ2) is 10.8. The van der Waals surface area contributed by atoms with Crippen LogP contribution in [0.15, 0.2) is 54.7 Å². The number of halogens is 3. The number of benzene rings is 2. The van der Waals surface area contributed by atoms with E-state index in [1.54, 1.807) is 36.4 Å². The summed E-state index contributed by atoms with van der Waals surface area (Å²) < 4.78 is 52.8. The summed E-state index contributed by atoms with van der Waals surface area (Å²) in [6.07, 6.45) is 0.857. The van der Waals surface area contributed by atoms with Gasteiger partial charge in [0, 0.05) is 11.9 Å². The summed E-state index contributed by atoms with van der Waals surface area (Å²) in [5.74, 6) is 1.14. The number of nitrogens with one attached hydrogen (secondary N) is 2. The summed E-state index contributed by atoms with van der Waals surface area (Å²) >= 11 is 0. The Morgan fingerprint density at radius 1 is 1.00 bits per heavy atom. The number of anilines is 4. The zero-order chi connectivity index (χ0) is 24.8. The van der Waals surface area contributed by atoms with Crippen molar-refractivity contribution in [3.05, 3.63) is 60.3 Å². The predicted molar refractivity (Wildman–Crippen MR) is 130 cm³/mol. The third kappa shape index (κ3) is 6.77. The average Bonchev–Trinajstić information content (AvgIpc) is 3.32.